The van der Waals surface area contributed by atoms with E-state index in [-0.39, 0.29) is 0 Å². The number of carbonyl (C=O) groups excluding carboxylic acids is 2. The number of ether oxygens (including phenoxy) is 4. The highest BCUT2D eigenvalue weighted by molar-refractivity contribution is 5.83. The molecule has 3 heterocycles. The van der Waals surface area contributed by atoms with Gasteiger partial charge in [0.2, 0.25) is 0 Å². The average Bonchev–Trinajstić information content (AvgIpc) is 3.73. The minimum Gasteiger partial charge on any atom is -0.486 e. The molecule has 246 valence electrons. The first-order chi connectivity index (χ1) is 22.1. The molecule has 0 aliphatic carbocycles. The molecule has 1 saturated heterocycles. The second-order valence-electron chi connectivity index (χ2n) is 11.1. The molecule has 1 fully saturated rings. The van der Waals surface area contributed by atoms with E-state index in [1.54, 1.807) is 66.3 Å². The maximum atomic E-state index is 13.6. The van der Waals surface area contributed by atoms with E-state index < -0.39 is 24.0 Å². The molecule has 9 nitrogen and oxygen atoms in total. The monoisotopic (exact) mass is 637 g/mol. The third-order valence-corrected chi connectivity index (χ3v) is 7.32. The van der Waals surface area contributed by atoms with Gasteiger partial charge in [-0.05, 0) is 67.3 Å². The van der Waals surface area contributed by atoms with E-state index in [1.807, 2.05) is 26.0 Å². The van der Waals surface area contributed by atoms with Gasteiger partial charge in [0.25, 0.3) is 5.91 Å². The van der Waals surface area contributed by atoms with E-state index in [2.05, 4.69) is 17.3 Å². The summed E-state index contributed by atoms with van der Waals surface area (Å²) in [5, 5.41) is 7.57. The number of aromatic nitrogens is 2. The number of hydrogen-bond donors (Lipinski definition) is 1. The molecular weight excluding hydrogens is 596 g/mol. The summed E-state index contributed by atoms with van der Waals surface area (Å²) in [5.74, 6) is -2.59. The summed E-state index contributed by atoms with van der Waals surface area (Å²) in [4.78, 5) is 23.2. The van der Waals surface area contributed by atoms with Crippen LogP contribution in [0.3, 0.4) is 0 Å². The molecule has 3 aromatic carbocycles. The molecule has 1 amide bonds. The number of benzene rings is 3. The molecule has 1 aromatic heterocycles. The first-order valence-corrected chi connectivity index (χ1v) is 15.5. The van der Waals surface area contributed by atoms with Gasteiger partial charge in [-0.3, -0.25) is 9.59 Å². The maximum Gasteiger partial charge on any atom is 0.321 e. The van der Waals surface area contributed by atoms with Crippen molar-refractivity contribution in [2.75, 3.05) is 26.4 Å². The van der Waals surface area contributed by atoms with Crippen LogP contribution in [0.2, 0.25) is 0 Å². The van der Waals surface area contributed by atoms with Crippen molar-refractivity contribution in [3.63, 3.8) is 0 Å². The molecule has 0 saturated carbocycles. The quantitative estimate of drug-likeness (QED) is 0.209. The van der Waals surface area contributed by atoms with Crippen LogP contribution in [0.1, 0.15) is 63.1 Å². The lowest BCUT2D eigenvalue weighted by Gasteiger charge is -2.28. The number of nitrogens with one attached hydrogen (secondary N) is 1. The summed E-state index contributed by atoms with van der Waals surface area (Å²) < 4.78 is 51.6. The van der Waals surface area contributed by atoms with Crippen molar-refractivity contribution < 1.29 is 37.3 Å². The summed E-state index contributed by atoms with van der Waals surface area (Å²) in [7, 11) is 0. The Morgan fingerprint density at radius 1 is 1.07 bits per heavy atom. The van der Waals surface area contributed by atoms with E-state index in [9.17, 15) is 18.4 Å². The summed E-state index contributed by atoms with van der Waals surface area (Å²) in [6, 6.07) is 16.8. The van der Waals surface area contributed by atoms with Crippen molar-refractivity contribution >= 4 is 23.1 Å². The van der Waals surface area contributed by atoms with Crippen LogP contribution < -0.4 is 19.5 Å². The third-order valence-electron chi connectivity index (χ3n) is 7.32. The summed E-state index contributed by atoms with van der Waals surface area (Å²) in [5.41, 5.74) is 2.65. The molecule has 11 heteroatoms. The molecule has 0 radical (unpaired) electrons. The smallest absolute Gasteiger partial charge is 0.321 e. The van der Waals surface area contributed by atoms with Gasteiger partial charge in [-0.25, -0.2) is 4.68 Å². The van der Waals surface area contributed by atoms with Crippen LogP contribution in [0.15, 0.2) is 66.9 Å². The van der Waals surface area contributed by atoms with Gasteiger partial charge < -0.3 is 24.3 Å². The third kappa shape index (κ3) is 8.60. The zero-order chi connectivity index (χ0) is 33.3. The van der Waals surface area contributed by atoms with Crippen molar-refractivity contribution in [3.05, 3.63) is 78.0 Å². The summed E-state index contributed by atoms with van der Waals surface area (Å²) in [6.07, 6.45) is 2.87. The Hall–Kier alpha value is -4.51. The van der Waals surface area contributed by atoms with E-state index in [4.69, 9.17) is 18.9 Å². The van der Waals surface area contributed by atoms with E-state index >= 15 is 0 Å². The Kier molecular flexibility index (Phi) is 11.7. The number of carbonyl (C=O) groups is 2. The Morgan fingerprint density at radius 3 is 2.48 bits per heavy atom. The highest BCUT2D eigenvalue weighted by Crippen LogP contribution is 2.36. The van der Waals surface area contributed by atoms with Gasteiger partial charge >= 0.3 is 5.92 Å². The average molecular weight is 638 g/mol. The fraction of sp³-hybridized carbons (Fsp3) is 0.400. The molecular formula is C35H41F2N3O6. The molecule has 2 aliphatic heterocycles. The van der Waals surface area contributed by atoms with Gasteiger partial charge in [0.15, 0.2) is 11.5 Å². The highest BCUT2D eigenvalue weighted by atomic mass is 19.3. The molecule has 46 heavy (non-hydrogen) atoms. The van der Waals surface area contributed by atoms with Gasteiger partial charge in [-0.1, -0.05) is 39.0 Å². The minimum atomic E-state index is -3.54. The Balaban J connectivity index is 0.000000531. The zero-order valence-corrected chi connectivity index (χ0v) is 26.8. The van der Waals surface area contributed by atoms with Crippen LogP contribution in [0, 0.1) is 5.92 Å². The maximum absolute atomic E-state index is 13.6. The molecule has 0 spiro atoms. The van der Waals surface area contributed by atoms with Gasteiger partial charge in [0.1, 0.15) is 31.4 Å². The van der Waals surface area contributed by atoms with Crippen LogP contribution in [0.25, 0.3) is 16.6 Å². The number of halogens is 2. The van der Waals surface area contributed by atoms with Crippen LogP contribution >= 0.6 is 0 Å². The van der Waals surface area contributed by atoms with Gasteiger partial charge in [0, 0.05) is 31.1 Å². The molecule has 1 N–H and O–H groups in total. The molecule has 0 bridgehead atoms. The van der Waals surface area contributed by atoms with Gasteiger partial charge in [0.05, 0.1) is 23.4 Å². The molecule has 3 atom stereocenters. The predicted molar refractivity (Wildman–Crippen MR) is 171 cm³/mol. The Labute approximate surface area is 267 Å². The Morgan fingerprint density at radius 2 is 1.83 bits per heavy atom. The lowest BCUT2D eigenvalue weighted by atomic mass is 10.0. The number of fused-ring (bicyclic) bond motifs is 2. The highest BCUT2D eigenvalue weighted by Gasteiger charge is 2.35. The standard InChI is InChI=1S/C28H25F2N3O5.C5H10O.C2H6/c1-17(32-27(35)28(2,29)30)26(19-6-9-24-25(14-19)37-11-10-36-24)38-22-7-8-23-20(13-22)15-31-33(23)21-5-3-4-18(12-21)16-34;1-5-2-3-6-4-5;1-2/h3-9,12-17,26H,10-11H2,1-2H3,(H,32,35);5H,2-4H2,1H3;1-2H3/t17?,26-;;/m0../s1. The SMILES string of the molecule is CC.CC(NC(=O)C(C)(F)F)[C@H](Oc1ccc2c(cnn2-c2cccc(C=O)c2)c1)c1ccc2c(c1)OCCO2.CC1CCOC1. The topological polar surface area (TPSA) is 101 Å². The fourth-order valence-electron chi connectivity index (χ4n) is 4.92. The van der Waals surface area contributed by atoms with Crippen molar-refractivity contribution in [3.8, 4) is 22.9 Å². The first kappa shape index (κ1) is 34.4. The number of alkyl halides is 2. The van der Waals surface area contributed by atoms with E-state index in [0.29, 0.717) is 48.5 Å². The number of nitrogens with zero attached hydrogens (tertiary/aromatic N) is 2. The van der Waals surface area contributed by atoms with E-state index in [0.717, 1.165) is 42.0 Å². The van der Waals surface area contributed by atoms with Gasteiger partial charge in [-0.15, -0.1) is 0 Å². The van der Waals surface area contributed by atoms with Gasteiger partial charge in [-0.2, -0.15) is 13.9 Å². The first-order valence-electron chi connectivity index (χ1n) is 15.5. The fourth-order valence-corrected chi connectivity index (χ4v) is 4.92. The van der Waals surface area contributed by atoms with Crippen LogP contribution in [-0.4, -0.2) is 60.4 Å². The van der Waals surface area contributed by atoms with Crippen molar-refractivity contribution in [1.82, 2.24) is 15.1 Å². The zero-order valence-electron chi connectivity index (χ0n) is 26.8. The number of amides is 1. The number of hydrogen-bond acceptors (Lipinski definition) is 7. The van der Waals surface area contributed by atoms with Crippen molar-refractivity contribution in [2.24, 2.45) is 5.92 Å². The molecule has 2 aliphatic rings. The molecule has 2 unspecified atom stereocenters. The lowest BCUT2D eigenvalue weighted by Crippen LogP contribution is -2.46. The summed E-state index contributed by atoms with van der Waals surface area (Å²) >= 11 is 0. The minimum absolute atomic E-state index is 0.382. The molecule has 6 rings (SSSR count). The number of rotatable bonds is 8. The second kappa shape index (κ2) is 15.7. The van der Waals surface area contributed by atoms with Crippen molar-refractivity contribution in [2.45, 2.75) is 59.1 Å². The largest absolute Gasteiger partial charge is 0.486 e. The van der Waals surface area contributed by atoms with E-state index in [1.165, 1.54) is 6.42 Å². The number of aldehydes is 1. The van der Waals surface area contributed by atoms with Crippen molar-refractivity contribution in [1.29, 1.82) is 0 Å². The van der Waals surface area contributed by atoms with Crippen LogP contribution in [0.5, 0.6) is 17.2 Å². The summed E-state index contributed by atoms with van der Waals surface area (Å²) in [6.45, 7) is 11.1. The predicted octanol–water partition coefficient (Wildman–Crippen LogP) is 6.96. The Bertz CT molecular complexity index is 1610. The van der Waals surface area contributed by atoms with Crippen LogP contribution in [0.4, 0.5) is 8.78 Å². The second-order valence-corrected chi connectivity index (χ2v) is 11.1. The molecule has 4 aromatic rings. The lowest BCUT2D eigenvalue weighted by molar-refractivity contribution is -0.144. The van der Waals surface area contributed by atoms with Crippen LogP contribution in [-0.2, 0) is 9.53 Å². The normalized spacial score (nSPS) is 16.6.